The number of carbonyl (C=O) groups excluding carboxylic acids is 1. The Labute approximate surface area is 94.7 Å². The first-order valence-corrected chi connectivity index (χ1v) is 5.57. The molecule has 1 aromatic rings. The van der Waals surface area contributed by atoms with Crippen LogP contribution in [-0.4, -0.2) is 16.8 Å². The number of ketones is 1. The van der Waals surface area contributed by atoms with E-state index in [0.29, 0.717) is 0 Å². The fourth-order valence-electron chi connectivity index (χ4n) is 2.59. The number of nitrogens with zero attached hydrogens (tertiary/aromatic N) is 2. The van der Waals surface area contributed by atoms with Gasteiger partial charge in [0.25, 0.3) is 0 Å². The van der Waals surface area contributed by atoms with E-state index in [2.05, 4.69) is 4.79 Å². The third-order valence-electron chi connectivity index (χ3n) is 3.43. The molecule has 0 radical (unpaired) electrons. The van der Waals surface area contributed by atoms with Crippen molar-refractivity contribution in [1.29, 1.82) is 0 Å². The number of benzene rings is 1. The molecular weight excluding hydrogens is 200 g/mol. The zero-order valence-corrected chi connectivity index (χ0v) is 9.10. The van der Waals surface area contributed by atoms with Crippen molar-refractivity contribution in [3.05, 3.63) is 41.4 Å². The van der Waals surface area contributed by atoms with Crippen LogP contribution in [0, 0.1) is 0 Å². The molecule has 0 unspecified atom stereocenters. The highest BCUT2D eigenvalue weighted by Crippen LogP contribution is 2.41. The molecule has 1 fully saturated rings. The lowest BCUT2D eigenvalue weighted by Crippen LogP contribution is -2.34. The molecule has 0 aromatic heterocycles. The van der Waals surface area contributed by atoms with E-state index >= 15 is 0 Å². The van der Waals surface area contributed by atoms with Crippen LogP contribution in [0.25, 0.3) is 5.53 Å². The van der Waals surface area contributed by atoms with Crippen LogP contribution >= 0.6 is 0 Å². The summed E-state index contributed by atoms with van der Waals surface area (Å²) >= 11 is 0. The van der Waals surface area contributed by atoms with E-state index in [4.69, 9.17) is 5.53 Å². The highest BCUT2D eigenvalue weighted by atomic mass is 16.1. The van der Waals surface area contributed by atoms with Crippen LogP contribution in [0.4, 0.5) is 0 Å². The smallest absolute Gasteiger partial charge is 0.324 e. The molecule has 16 heavy (non-hydrogen) atoms. The average molecular weight is 214 g/mol. The van der Waals surface area contributed by atoms with Crippen molar-refractivity contribution < 1.29 is 9.58 Å². The van der Waals surface area contributed by atoms with Gasteiger partial charge < -0.3 is 5.53 Å². The molecule has 3 nitrogen and oxygen atoms in total. The van der Waals surface area contributed by atoms with E-state index in [1.807, 2.05) is 30.3 Å². The van der Waals surface area contributed by atoms with E-state index in [1.165, 1.54) is 0 Å². The van der Waals surface area contributed by atoms with Gasteiger partial charge in [0.15, 0.2) is 0 Å². The molecule has 3 heteroatoms. The number of hydrogen-bond acceptors (Lipinski definition) is 1. The molecule has 2 rings (SSSR count). The summed E-state index contributed by atoms with van der Waals surface area (Å²) in [4.78, 5) is 14.9. The summed E-state index contributed by atoms with van der Waals surface area (Å²) in [6, 6.07) is 9.79. The molecule has 0 spiro atoms. The Balaban J connectivity index is 2.44. The SMILES string of the molecule is [N-]=[N+]=CC(=O)C1(c2ccccc2)CCCC1. The molecule has 0 amide bonds. The Morgan fingerprint density at radius 3 is 2.44 bits per heavy atom. The first-order chi connectivity index (χ1) is 7.79. The van der Waals surface area contributed by atoms with E-state index in [0.717, 1.165) is 37.5 Å². The minimum absolute atomic E-state index is 0.0845. The van der Waals surface area contributed by atoms with Gasteiger partial charge in [-0.05, 0) is 18.4 Å². The van der Waals surface area contributed by atoms with Gasteiger partial charge in [0.05, 0.1) is 5.41 Å². The summed E-state index contributed by atoms with van der Waals surface area (Å²) in [7, 11) is 0. The summed E-state index contributed by atoms with van der Waals surface area (Å²) in [5.74, 6) is -0.0845. The van der Waals surface area contributed by atoms with Crippen LogP contribution in [0.5, 0.6) is 0 Å². The number of carbonyl (C=O) groups is 1. The lowest BCUT2D eigenvalue weighted by Gasteiger charge is -2.24. The van der Waals surface area contributed by atoms with Crippen molar-refractivity contribution in [1.82, 2.24) is 0 Å². The molecule has 1 saturated carbocycles. The predicted molar refractivity (Wildman–Crippen MR) is 61.3 cm³/mol. The second-order valence-electron chi connectivity index (χ2n) is 4.26. The first-order valence-electron chi connectivity index (χ1n) is 5.57. The van der Waals surface area contributed by atoms with E-state index < -0.39 is 5.41 Å². The van der Waals surface area contributed by atoms with Gasteiger partial charge in [0, 0.05) is 0 Å². The van der Waals surface area contributed by atoms with Gasteiger partial charge in [-0.15, -0.1) is 0 Å². The van der Waals surface area contributed by atoms with Crippen molar-refractivity contribution in [2.45, 2.75) is 31.1 Å². The largest absolute Gasteiger partial charge is 0.361 e. The Hall–Kier alpha value is -1.73. The van der Waals surface area contributed by atoms with Crippen LogP contribution in [-0.2, 0) is 10.2 Å². The molecule has 0 heterocycles. The summed E-state index contributed by atoms with van der Waals surface area (Å²) in [5.41, 5.74) is 9.10. The number of hydrogen-bond donors (Lipinski definition) is 0. The Morgan fingerprint density at radius 2 is 1.88 bits per heavy atom. The summed E-state index contributed by atoms with van der Waals surface area (Å²) in [6.45, 7) is 0. The van der Waals surface area contributed by atoms with Crippen LogP contribution in [0.2, 0.25) is 0 Å². The molecule has 0 saturated heterocycles. The maximum atomic E-state index is 12.1. The zero-order chi connectivity index (χ0) is 11.4. The van der Waals surface area contributed by atoms with Gasteiger partial charge in [-0.3, -0.25) is 4.79 Å². The minimum Gasteiger partial charge on any atom is -0.361 e. The van der Waals surface area contributed by atoms with Crippen LogP contribution in [0.3, 0.4) is 0 Å². The van der Waals surface area contributed by atoms with E-state index in [1.54, 1.807) is 0 Å². The highest BCUT2D eigenvalue weighted by Gasteiger charge is 2.43. The zero-order valence-electron chi connectivity index (χ0n) is 9.10. The van der Waals surface area contributed by atoms with Crippen molar-refractivity contribution in [3.63, 3.8) is 0 Å². The van der Waals surface area contributed by atoms with Crippen LogP contribution in [0.15, 0.2) is 30.3 Å². The minimum atomic E-state index is -0.451. The predicted octanol–water partition coefficient (Wildman–Crippen LogP) is 2.37. The molecule has 82 valence electrons. The number of Topliss-reactive ketones (excluding diaryl/α,β-unsaturated/α-hetero) is 1. The molecule has 0 N–H and O–H groups in total. The third kappa shape index (κ3) is 1.70. The molecule has 0 atom stereocenters. The van der Waals surface area contributed by atoms with Gasteiger partial charge in [-0.1, -0.05) is 43.2 Å². The van der Waals surface area contributed by atoms with Crippen molar-refractivity contribution in [3.8, 4) is 0 Å². The van der Waals surface area contributed by atoms with Crippen molar-refractivity contribution >= 4 is 12.0 Å². The molecule has 1 aromatic carbocycles. The Morgan fingerprint density at radius 1 is 1.25 bits per heavy atom. The van der Waals surface area contributed by atoms with Gasteiger partial charge in [0.1, 0.15) is 0 Å². The maximum absolute atomic E-state index is 12.1. The molecule has 1 aliphatic rings. The normalized spacial score (nSPS) is 17.8. The van der Waals surface area contributed by atoms with Gasteiger partial charge >= 0.3 is 6.21 Å². The van der Waals surface area contributed by atoms with E-state index in [-0.39, 0.29) is 5.78 Å². The molecule has 0 bridgehead atoms. The van der Waals surface area contributed by atoms with Gasteiger partial charge in [0.2, 0.25) is 5.78 Å². The summed E-state index contributed by atoms with van der Waals surface area (Å²) < 4.78 is 0. The fourth-order valence-corrected chi connectivity index (χ4v) is 2.59. The summed E-state index contributed by atoms with van der Waals surface area (Å²) in [6.07, 6.45) is 4.85. The topological polar surface area (TPSA) is 53.5 Å². The molecule has 0 aliphatic heterocycles. The quantitative estimate of drug-likeness (QED) is 0.433. The second kappa shape index (κ2) is 4.42. The first kappa shape index (κ1) is 10.8. The third-order valence-corrected chi connectivity index (χ3v) is 3.43. The fraction of sp³-hybridized carbons (Fsp3) is 0.385. The Kier molecular flexibility index (Phi) is 2.97. The molecular formula is C13H14N2O. The van der Waals surface area contributed by atoms with Crippen LogP contribution in [0.1, 0.15) is 31.2 Å². The van der Waals surface area contributed by atoms with Crippen molar-refractivity contribution in [2.75, 3.05) is 0 Å². The Bertz CT molecular complexity index is 427. The van der Waals surface area contributed by atoms with Crippen molar-refractivity contribution in [2.24, 2.45) is 0 Å². The average Bonchev–Trinajstić information content (AvgIpc) is 2.81. The highest BCUT2D eigenvalue weighted by molar-refractivity contribution is 6.29. The van der Waals surface area contributed by atoms with E-state index in [9.17, 15) is 4.79 Å². The van der Waals surface area contributed by atoms with Gasteiger partial charge in [-0.2, -0.15) is 4.79 Å². The summed E-state index contributed by atoms with van der Waals surface area (Å²) in [5, 5.41) is 0. The number of rotatable bonds is 3. The standard InChI is InChI=1S/C13H14N2O/c14-15-10-12(16)13(8-4-5-9-13)11-6-2-1-3-7-11/h1-3,6-7,10H,4-5,8-9H2. The monoisotopic (exact) mass is 214 g/mol. The molecule has 1 aliphatic carbocycles. The lowest BCUT2D eigenvalue weighted by molar-refractivity contribution is -0.121. The second-order valence-corrected chi connectivity index (χ2v) is 4.26. The van der Waals surface area contributed by atoms with Gasteiger partial charge in [-0.25, -0.2) is 0 Å². The van der Waals surface area contributed by atoms with Crippen LogP contribution < -0.4 is 0 Å². The lowest BCUT2D eigenvalue weighted by atomic mass is 9.75. The maximum Gasteiger partial charge on any atom is 0.324 e.